The normalized spacial score (nSPS) is 10.9. The van der Waals surface area contributed by atoms with E-state index in [1.54, 1.807) is 18.2 Å². The van der Waals surface area contributed by atoms with Crippen molar-refractivity contribution in [2.24, 2.45) is 5.73 Å². The lowest BCUT2D eigenvalue weighted by Crippen LogP contribution is -2.19. The highest BCUT2D eigenvalue weighted by atomic mass is 32.2. The van der Waals surface area contributed by atoms with Crippen molar-refractivity contribution in [2.45, 2.75) is 4.90 Å². The fourth-order valence-electron chi connectivity index (χ4n) is 1.71. The van der Waals surface area contributed by atoms with Crippen LogP contribution in [0.4, 0.5) is 5.69 Å². The molecule has 1 aromatic heterocycles. The molecule has 0 saturated heterocycles. The number of hydrogen-bond donors (Lipinski definition) is 2. The summed E-state index contributed by atoms with van der Waals surface area (Å²) < 4.78 is 32.3. The van der Waals surface area contributed by atoms with E-state index < -0.39 is 10.0 Å². The molecule has 0 bridgehead atoms. The number of nitrogens with two attached hydrogens (primary N) is 1. The minimum absolute atomic E-state index is 0.0322. The zero-order chi connectivity index (χ0) is 15.5. The molecule has 0 atom stereocenters. The molecular weight excluding hydrogens is 310 g/mol. The molecule has 0 aliphatic heterocycles. The van der Waals surface area contributed by atoms with Crippen molar-refractivity contribution in [1.29, 1.82) is 0 Å². The molecule has 8 heteroatoms. The summed E-state index contributed by atoms with van der Waals surface area (Å²) in [4.78, 5) is 3.89. The lowest BCUT2D eigenvalue weighted by atomic mass is 10.1. The van der Waals surface area contributed by atoms with Gasteiger partial charge in [0.2, 0.25) is 0 Å². The topological polar surface area (TPSA) is 94.3 Å². The molecule has 0 amide bonds. The third-order valence-corrected chi connectivity index (χ3v) is 4.25. The minimum Gasteiger partial charge on any atom is -0.495 e. The fourth-order valence-corrected chi connectivity index (χ4v) is 2.94. The predicted molar refractivity (Wildman–Crippen MR) is 83.9 cm³/mol. The standard InChI is InChI=1S/C13H13N3O3S2/c1-19-11-6-2-5-10(13(14)20)12(11)16-21(17,18)9-4-3-7-15-8-9/h2-8,16H,1H3,(H2,14,20). The van der Waals surface area contributed by atoms with Crippen LogP contribution >= 0.6 is 12.2 Å². The Balaban J connectivity index is 2.51. The Hall–Kier alpha value is -2.19. The average Bonchev–Trinajstić information content (AvgIpc) is 2.47. The van der Waals surface area contributed by atoms with Crippen LogP contribution in [0.25, 0.3) is 0 Å². The fraction of sp³-hybridized carbons (Fsp3) is 0.0769. The second kappa shape index (κ2) is 6.06. The SMILES string of the molecule is COc1cccc(C(N)=S)c1NS(=O)(=O)c1cccnc1. The molecule has 3 N–H and O–H groups in total. The van der Waals surface area contributed by atoms with Crippen molar-refractivity contribution in [3.63, 3.8) is 0 Å². The average molecular weight is 323 g/mol. The second-order valence-corrected chi connectivity index (χ2v) is 6.16. The van der Waals surface area contributed by atoms with Crippen LogP contribution in [0.1, 0.15) is 5.56 Å². The molecule has 0 saturated carbocycles. The number of benzene rings is 1. The van der Waals surface area contributed by atoms with E-state index in [4.69, 9.17) is 22.7 Å². The molecule has 0 aliphatic carbocycles. The van der Waals surface area contributed by atoms with E-state index in [1.165, 1.54) is 31.6 Å². The predicted octanol–water partition coefficient (Wildman–Crippen LogP) is 1.53. The van der Waals surface area contributed by atoms with Crippen molar-refractivity contribution < 1.29 is 13.2 Å². The summed E-state index contributed by atoms with van der Waals surface area (Å²) in [5.41, 5.74) is 6.22. The van der Waals surface area contributed by atoms with Crippen LogP contribution in [0.2, 0.25) is 0 Å². The molecule has 0 aliphatic rings. The maximum absolute atomic E-state index is 12.4. The van der Waals surface area contributed by atoms with E-state index >= 15 is 0 Å². The zero-order valence-corrected chi connectivity index (χ0v) is 12.7. The molecule has 0 radical (unpaired) electrons. The van der Waals surface area contributed by atoms with Gasteiger partial charge in [0.15, 0.2) is 0 Å². The maximum atomic E-state index is 12.4. The number of ether oxygens (including phenoxy) is 1. The van der Waals surface area contributed by atoms with Gasteiger partial charge in [-0.25, -0.2) is 8.42 Å². The molecule has 0 unspecified atom stereocenters. The van der Waals surface area contributed by atoms with Crippen LogP contribution in [0.3, 0.4) is 0 Å². The minimum atomic E-state index is -3.81. The molecule has 0 fully saturated rings. The Morgan fingerprint density at radius 2 is 2.10 bits per heavy atom. The number of para-hydroxylation sites is 1. The van der Waals surface area contributed by atoms with Gasteiger partial charge in [-0.1, -0.05) is 18.3 Å². The molecule has 1 heterocycles. The Morgan fingerprint density at radius 1 is 1.33 bits per heavy atom. The van der Waals surface area contributed by atoms with Gasteiger partial charge < -0.3 is 10.5 Å². The van der Waals surface area contributed by atoms with Crippen molar-refractivity contribution in [2.75, 3.05) is 11.8 Å². The van der Waals surface area contributed by atoms with Crippen molar-refractivity contribution in [3.05, 3.63) is 48.3 Å². The smallest absolute Gasteiger partial charge is 0.263 e. The number of anilines is 1. The first kappa shape index (κ1) is 15.2. The number of nitrogens with one attached hydrogen (secondary N) is 1. The Morgan fingerprint density at radius 3 is 2.67 bits per heavy atom. The molecule has 1 aromatic carbocycles. The Kier molecular flexibility index (Phi) is 4.39. The molecule has 110 valence electrons. The third-order valence-electron chi connectivity index (χ3n) is 2.69. The van der Waals surface area contributed by atoms with Crippen LogP contribution in [-0.4, -0.2) is 25.5 Å². The lowest BCUT2D eigenvalue weighted by Gasteiger charge is -2.15. The van der Waals surface area contributed by atoms with Gasteiger partial charge in [0.25, 0.3) is 10.0 Å². The molecule has 6 nitrogen and oxygen atoms in total. The van der Waals surface area contributed by atoms with E-state index in [9.17, 15) is 8.42 Å². The van der Waals surface area contributed by atoms with Gasteiger partial charge in [0, 0.05) is 18.0 Å². The monoisotopic (exact) mass is 323 g/mol. The largest absolute Gasteiger partial charge is 0.495 e. The van der Waals surface area contributed by atoms with Gasteiger partial charge in [0.05, 0.1) is 7.11 Å². The Bertz CT molecular complexity index is 761. The van der Waals surface area contributed by atoms with E-state index in [0.717, 1.165) is 0 Å². The highest BCUT2D eigenvalue weighted by Gasteiger charge is 2.20. The van der Waals surface area contributed by atoms with Gasteiger partial charge in [-0.15, -0.1) is 0 Å². The van der Waals surface area contributed by atoms with Crippen LogP contribution in [-0.2, 0) is 10.0 Å². The van der Waals surface area contributed by atoms with Crippen molar-refractivity contribution >= 4 is 32.9 Å². The summed E-state index contributed by atoms with van der Waals surface area (Å²) in [7, 11) is -2.38. The number of thiocarbonyl (C=S) groups is 1. The molecule has 2 aromatic rings. The quantitative estimate of drug-likeness (QED) is 0.810. The highest BCUT2D eigenvalue weighted by Crippen LogP contribution is 2.30. The lowest BCUT2D eigenvalue weighted by molar-refractivity contribution is 0.417. The van der Waals surface area contributed by atoms with E-state index in [0.29, 0.717) is 11.3 Å². The second-order valence-electron chi connectivity index (χ2n) is 4.04. The first-order valence-electron chi connectivity index (χ1n) is 5.85. The maximum Gasteiger partial charge on any atom is 0.263 e. The van der Waals surface area contributed by atoms with Crippen LogP contribution in [0.5, 0.6) is 5.75 Å². The zero-order valence-electron chi connectivity index (χ0n) is 11.1. The van der Waals surface area contributed by atoms with Crippen LogP contribution < -0.4 is 15.2 Å². The van der Waals surface area contributed by atoms with Gasteiger partial charge >= 0.3 is 0 Å². The van der Waals surface area contributed by atoms with Gasteiger partial charge in [-0.05, 0) is 24.3 Å². The van der Waals surface area contributed by atoms with E-state index in [2.05, 4.69) is 9.71 Å². The summed E-state index contributed by atoms with van der Waals surface area (Å²) in [5, 5.41) is 0. The first-order valence-corrected chi connectivity index (χ1v) is 7.74. The first-order chi connectivity index (χ1) is 9.95. The van der Waals surface area contributed by atoms with E-state index in [-0.39, 0.29) is 15.6 Å². The number of pyridine rings is 1. The van der Waals surface area contributed by atoms with Crippen LogP contribution in [0.15, 0.2) is 47.6 Å². The number of aromatic nitrogens is 1. The van der Waals surface area contributed by atoms with Crippen LogP contribution in [0, 0.1) is 0 Å². The van der Waals surface area contributed by atoms with Gasteiger partial charge in [-0.3, -0.25) is 9.71 Å². The van der Waals surface area contributed by atoms with Gasteiger partial charge in [-0.2, -0.15) is 0 Å². The third kappa shape index (κ3) is 3.29. The molecule has 21 heavy (non-hydrogen) atoms. The van der Waals surface area contributed by atoms with Gasteiger partial charge in [0.1, 0.15) is 21.3 Å². The van der Waals surface area contributed by atoms with Crippen molar-refractivity contribution in [1.82, 2.24) is 4.98 Å². The molecule has 2 rings (SSSR count). The number of nitrogens with zero attached hydrogens (tertiary/aromatic N) is 1. The molecular formula is C13H13N3O3S2. The van der Waals surface area contributed by atoms with Crippen molar-refractivity contribution in [3.8, 4) is 5.75 Å². The number of methoxy groups -OCH3 is 1. The summed E-state index contributed by atoms with van der Waals surface area (Å²) in [6.45, 7) is 0. The number of hydrogen-bond acceptors (Lipinski definition) is 5. The highest BCUT2D eigenvalue weighted by molar-refractivity contribution is 7.92. The number of rotatable bonds is 5. The molecule has 0 spiro atoms. The Labute approximate surface area is 128 Å². The summed E-state index contributed by atoms with van der Waals surface area (Å²) in [6, 6.07) is 7.88. The number of sulfonamides is 1. The summed E-state index contributed by atoms with van der Waals surface area (Å²) in [6.07, 6.45) is 2.74. The summed E-state index contributed by atoms with van der Waals surface area (Å²) in [5.74, 6) is 0.327. The van der Waals surface area contributed by atoms with E-state index in [1.807, 2.05) is 0 Å². The summed E-state index contributed by atoms with van der Waals surface area (Å²) >= 11 is 4.94.